The van der Waals surface area contributed by atoms with Crippen LogP contribution < -0.4 is 15.4 Å². The van der Waals surface area contributed by atoms with Crippen LogP contribution >= 0.6 is 0 Å². The van der Waals surface area contributed by atoms with Crippen molar-refractivity contribution < 1.29 is 18.7 Å². The van der Waals surface area contributed by atoms with Gasteiger partial charge in [-0.3, -0.25) is 9.59 Å². The molecule has 0 bridgehead atoms. The van der Waals surface area contributed by atoms with Crippen molar-refractivity contribution >= 4 is 23.2 Å². The molecule has 0 radical (unpaired) electrons. The summed E-state index contributed by atoms with van der Waals surface area (Å²) in [5, 5.41) is 5.51. The van der Waals surface area contributed by atoms with Crippen molar-refractivity contribution in [3.8, 4) is 5.75 Å². The van der Waals surface area contributed by atoms with Gasteiger partial charge in [0, 0.05) is 11.4 Å². The summed E-state index contributed by atoms with van der Waals surface area (Å²) in [4.78, 5) is 24.2. The minimum atomic E-state index is -0.335. The van der Waals surface area contributed by atoms with Crippen LogP contribution in [0.3, 0.4) is 0 Å². The third-order valence-corrected chi connectivity index (χ3v) is 4.23. The van der Waals surface area contributed by atoms with E-state index < -0.39 is 0 Å². The van der Waals surface area contributed by atoms with Crippen molar-refractivity contribution in [3.05, 3.63) is 78.3 Å². The minimum absolute atomic E-state index is 0.0804. The molecule has 0 aliphatic carbocycles. The summed E-state index contributed by atoms with van der Waals surface area (Å²) < 4.78 is 10.8. The van der Waals surface area contributed by atoms with E-state index in [2.05, 4.69) is 31.4 Å². The number of nitrogens with one attached hydrogen (secondary N) is 2. The number of para-hydroxylation sites is 1. The fourth-order valence-corrected chi connectivity index (χ4v) is 2.79. The van der Waals surface area contributed by atoms with Gasteiger partial charge in [0.2, 0.25) is 0 Å². The molecule has 3 aromatic rings. The number of ether oxygens (including phenoxy) is 1. The minimum Gasteiger partial charge on any atom is -0.483 e. The standard InChI is InChI=1S/C23H24N2O4/c1-23(2,3)18-7-4-5-8-19(18)29-15-21(26)24-16-10-12-17(13-11-16)25-22(27)20-9-6-14-28-20/h4-14H,15H2,1-3H3,(H,24,26)(H,25,27). The first-order chi connectivity index (χ1) is 13.8. The number of anilines is 2. The Labute approximate surface area is 169 Å². The van der Waals surface area contributed by atoms with Crippen LogP contribution in [0.15, 0.2) is 71.3 Å². The van der Waals surface area contributed by atoms with Crippen LogP contribution in [-0.2, 0) is 10.2 Å². The Hall–Kier alpha value is -3.54. The van der Waals surface area contributed by atoms with E-state index in [1.165, 1.54) is 6.26 Å². The first-order valence-corrected chi connectivity index (χ1v) is 9.30. The molecule has 1 heterocycles. The number of carbonyl (C=O) groups is 2. The molecule has 2 aromatic carbocycles. The van der Waals surface area contributed by atoms with Crippen molar-refractivity contribution in [2.45, 2.75) is 26.2 Å². The maximum Gasteiger partial charge on any atom is 0.291 e. The maximum atomic E-state index is 12.2. The van der Waals surface area contributed by atoms with Crippen molar-refractivity contribution in [1.29, 1.82) is 0 Å². The third kappa shape index (κ3) is 5.48. The van der Waals surface area contributed by atoms with Gasteiger partial charge < -0.3 is 19.8 Å². The van der Waals surface area contributed by atoms with E-state index >= 15 is 0 Å². The molecule has 3 rings (SSSR count). The molecule has 29 heavy (non-hydrogen) atoms. The summed E-state index contributed by atoms with van der Waals surface area (Å²) in [6, 6.07) is 17.8. The maximum absolute atomic E-state index is 12.2. The highest BCUT2D eigenvalue weighted by molar-refractivity contribution is 6.02. The van der Waals surface area contributed by atoms with Crippen molar-refractivity contribution in [1.82, 2.24) is 0 Å². The van der Waals surface area contributed by atoms with Gasteiger partial charge in [-0.05, 0) is 53.4 Å². The summed E-state index contributed by atoms with van der Waals surface area (Å²) >= 11 is 0. The Kier molecular flexibility index (Phi) is 6.02. The number of rotatable bonds is 6. The number of benzene rings is 2. The molecule has 2 N–H and O–H groups in total. The van der Waals surface area contributed by atoms with Gasteiger partial charge in [0.15, 0.2) is 12.4 Å². The molecule has 0 unspecified atom stereocenters. The second kappa shape index (κ2) is 8.65. The van der Waals surface area contributed by atoms with E-state index in [0.29, 0.717) is 17.1 Å². The molecule has 0 atom stereocenters. The van der Waals surface area contributed by atoms with Crippen molar-refractivity contribution in [2.75, 3.05) is 17.2 Å². The summed E-state index contributed by atoms with van der Waals surface area (Å²) in [5.74, 6) is 0.333. The predicted octanol–water partition coefficient (Wildman–Crippen LogP) is 4.85. The molecule has 150 valence electrons. The summed E-state index contributed by atoms with van der Waals surface area (Å²) in [6.45, 7) is 6.20. The van der Waals surface area contributed by atoms with E-state index in [4.69, 9.17) is 9.15 Å². The molecule has 2 amide bonds. The lowest BCUT2D eigenvalue weighted by atomic mass is 9.86. The van der Waals surface area contributed by atoms with Gasteiger partial charge in [0.25, 0.3) is 11.8 Å². The molecule has 0 aliphatic heterocycles. The van der Waals surface area contributed by atoms with Gasteiger partial charge in [-0.25, -0.2) is 0 Å². The Morgan fingerprint density at radius 1 is 0.897 bits per heavy atom. The number of amides is 2. The Morgan fingerprint density at radius 2 is 1.55 bits per heavy atom. The van der Waals surface area contributed by atoms with Gasteiger partial charge in [0.05, 0.1) is 6.26 Å². The van der Waals surface area contributed by atoms with Crippen molar-refractivity contribution in [3.63, 3.8) is 0 Å². The second-order valence-electron chi connectivity index (χ2n) is 7.59. The van der Waals surface area contributed by atoms with Crippen LogP contribution in [0.5, 0.6) is 5.75 Å². The molecule has 0 aliphatic rings. The molecule has 0 saturated heterocycles. The highest BCUT2D eigenvalue weighted by atomic mass is 16.5. The van der Waals surface area contributed by atoms with Crippen molar-refractivity contribution in [2.24, 2.45) is 0 Å². The van der Waals surface area contributed by atoms with Gasteiger partial charge in [-0.2, -0.15) is 0 Å². The predicted molar refractivity (Wildman–Crippen MR) is 112 cm³/mol. The van der Waals surface area contributed by atoms with Gasteiger partial charge in [-0.15, -0.1) is 0 Å². The Bertz CT molecular complexity index is 971. The lowest BCUT2D eigenvalue weighted by Crippen LogP contribution is -2.22. The zero-order valence-corrected chi connectivity index (χ0v) is 16.7. The monoisotopic (exact) mass is 392 g/mol. The van der Waals surface area contributed by atoms with Crippen LogP contribution in [0.2, 0.25) is 0 Å². The molecule has 0 fully saturated rings. The van der Waals surface area contributed by atoms with E-state index in [1.54, 1.807) is 36.4 Å². The van der Waals surface area contributed by atoms with Gasteiger partial charge in [0.1, 0.15) is 5.75 Å². The fraction of sp³-hybridized carbons (Fsp3) is 0.217. The van der Waals surface area contributed by atoms with Gasteiger partial charge >= 0.3 is 0 Å². The first-order valence-electron chi connectivity index (χ1n) is 9.30. The smallest absolute Gasteiger partial charge is 0.291 e. The molecular weight excluding hydrogens is 368 g/mol. The van der Waals surface area contributed by atoms with E-state index in [0.717, 1.165) is 5.56 Å². The van der Waals surface area contributed by atoms with Crippen LogP contribution in [0.1, 0.15) is 36.9 Å². The fourth-order valence-electron chi connectivity index (χ4n) is 2.79. The number of carbonyl (C=O) groups excluding carboxylic acids is 2. The van der Waals surface area contributed by atoms with E-state index in [1.807, 2.05) is 24.3 Å². The Morgan fingerprint density at radius 3 is 2.17 bits per heavy atom. The average molecular weight is 392 g/mol. The average Bonchev–Trinajstić information content (AvgIpc) is 3.22. The summed E-state index contributed by atoms with van der Waals surface area (Å²) in [7, 11) is 0. The summed E-state index contributed by atoms with van der Waals surface area (Å²) in [6.07, 6.45) is 1.44. The summed E-state index contributed by atoms with van der Waals surface area (Å²) in [5.41, 5.74) is 2.17. The normalized spacial score (nSPS) is 11.0. The molecule has 0 saturated carbocycles. The molecule has 0 spiro atoms. The SMILES string of the molecule is CC(C)(C)c1ccccc1OCC(=O)Nc1ccc(NC(=O)c2ccco2)cc1. The quantitative estimate of drug-likeness (QED) is 0.629. The third-order valence-electron chi connectivity index (χ3n) is 4.23. The molecule has 6 nitrogen and oxygen atoms in total. The van der Waals surface area contributed by atoms with E-state index in [9.17, 15) is 9.59 Å². The molecule has 1 aromatic heterocycles. The van der Waals surface area contributed by atoms with Crippen LogP contribution in [0, 0.1) is 0 Å². The van der Waals surface area contributed by atoms with Crippen LogP contribution in [0.25, 0.3) is 0 Å². The highest BCUT2D eigenvalue weighted by Gasteiger charge is 2.19. The van der Waals surface area contributed by atoms with Crippen LogP contribution in [0.4, 0.5) is 11.4 Å². The molecule has 6 heteroatoms. The highest BCUT2D eigenvalue weighted by Crippen LogP contribution is 2.30. The van der Waals surface area contributed by atoms with E-state index in [-0.39, 0.29) is 29.6 Å². The lowest BCUT2D eigenvalue weighted by Gasteiger charge is -2.22. The zero-order valence-electron chi connectivity index (χ0n) is 16.7. The number of hydrogen-bond acceptors (Lipinski definition) is 4. The lowest BCUT2D eigenvalue weighted by molar-refractivity contribution is -0.118. The topological polar surface area (TPSA) is 80.6 Å². The largest absolute Gasteiger partial charge is 0.483 e. The second-order valence-corrected chi connectivity index (χ2v) is 7.59. The first kappa shape index (κ1) is 20.2. The van der Waals surface area contributed by atoms with Crippen LogP contribution in [-0.4, -0.2) is 18.4 Å². The number of hydrogen-bond donors (Lipinski definition) is 2. The Balaban J connectivity index is 1.54. The zero-order chi connectivity index (χ0) is 20.9. The molecular formula is C23H24N2O4. The number of furan rings is 1. The van der Waals surface area contributed by atoms with Gasteiger partial charge in [-0.1, -0.05) is 39.0 Å².